The number of hydrogen-bond donors (Lipinski definition) is 0. The fourth-order valence-electron chi connectivity index (χ4n) is 11.3. The summed E-state index contributed by atoms with van der Waals surface area (Å²) >= 11 is 0. The first kappa shape index (κ1) is 60.6. The molecule has 8 fully saturated rings. The van der Waals surface area contributed by atoms with Crippen molar-refractivity contribution in [2.45, 2.75) is 188 Å². The summed E-state index contributed by atoms with van der Waals surface area (Å²) in [5, 5.41) is 0. The van der Waals surface area contributed by atoms with E-state index in [1.54, 1.807) is 0 Å². The van der Waals surface area contributed by atoms with Crippen molar-refractivity contribution >= 4 is 0 Å². The Balaban J connectivity index is 0.000000191. The van der Waals surface area contributed by atoms with E-state index >= 15 is 0 Å². The van der Waals surface area contributed by atoms with Crippen LogP contribution in [-0.2, 0) is 14.2 Å². The van der Waals surface area contributed by atoms with Gasteiger partial charge >= 0.3 is 0 Å². The highest BCUT2D eigenvalue weighted by Gasteiger charge is 2.37. The number of rotatable bonds is 17. The quantitative estimate of drug-likeness (QED) is 0.143. The second-order valence-electron chi connectivity index (χ2n) is 23.7. The first-order valence-electron chi connectivity index (χ1n) is 28.6. The van der Waals surface area contributed by atoms with Crippen LogP contribution in [0.15, 0.2) is 0 Å². The van der Waals surface area contributed by atoms with Gasteiger partial charge in [-0.3, -0.25) is 24.5 Å². The molecule has 404 valence electrons. The van der Waals surface area contributed by atoms with E-state index in [1.165, 1.54) is 156 Å². The van der Waals surface area contributed by atoms with Gasteiger partial charge in [-0.2, -0.15) is 0 Å². The zero-order chi connectivity index (χ0) is 50.5. The van der Waals surface area contributed by atoms with E-state index in [4.69, 9.17) is 20.8 Å². The summed E-state index contributed by atoms with van der Waals surface area (Å²) in [5.74, 6) is 1.47. The highest BCUT2D eigenvalue weighted by atomic mass is 16.5. The zero-order valence-electron chi connectivity index (χ0n) is 47.6. The van der Waals surface area contributed by atoms with E-state index in [2.05, 4.69) is 125 Å². The van der Waals surface area contributed by atoms with E-state index in [9.17, 15) is 0 Å². The van der Waals surface area contributed by atoms with Crippen LogP contribution in [0.5, 0.6) is 0 Å². The number of ether oxygens (including phenoxy) is 3. The van der Waals surface area contributed by atoms with E-state index in [1.807, 2.05) is 21.2 Å². The molecule has 0 atom stereocenters. The minimum Gasteiger partial charge on any atom is -0.384 e. The molecule has 0 aromatic carbocycles. The summed E-state index contributed by atoms with van der Waals surface area (Å²) in [5.41, 5.74) is 0. The van der Waals surface area contributed by atoms with Gasteiger partial charge in [-0.05, 0) is 181 Å². The van der Waals surface area contributed by atoms with Crippen molar-refractivity contribution in [3.63, 3.8) is 0 Å². The van der Waals surface area contributed by atoms with E-state index in [-0.39, 0.29) is 0 Å². The summed E-state index contributed by atoms with van der Waals surface area (Å²) in [6.07, 6.45) is 11.9. The molecule has 7 heterocycles. The van der Waals surface area contributed by atoms with Crippen molar-refractivity contribution < 1.29 is 14.2 Å². The lowest BCUT2D eigenvalue weighted by Gasteiger charge is -2.47. The normalized spacial score (nSPS) is 24.5. The van der Waals surface area contributed by atoms with Crippen molar-refractivity contribution in [2.24, 2.45) is 11.8 Å². The maximum absolute atomic E-state index is 6.85. The van der Waals surface area contributed by atoms with Gasteiger partial charge in [-0.1, -0.05) is 0 Å². The molecule has 7 saturated heterocycles. The maximum atomic E-state index is 6.85. The Kier molecular flexibility index (Phi) is 28.4. The predicted octanol–water partition coefficient (Wildman–Crippen LogP) is 6.88. The van der Waals surface area contributed by atoms with Crippen molar-refractivity contribution in [3.8, 4) is 0 Å². The third kappa shape index (κ3) is 22.2. The molecular formula is C56H112N10O3. The van der Waals surface area contributed by atoms with Crippen LogP contribution in [0.3, 0.4) is 0 Å². The third-order valence-electron chi connectivity index (χ3n) is 16.4. The van der Waals surface area contributed by atoms with Gasteiger partial charge in [0.1, 0.15) is 0 Å². The van der Waals surface area contributed by atoms with Crippen molar-refractivity contribution in [1.29, 1.82) is 0 Å². The first-order chi connectivity index (χ1) is 33.0. The third-order valence-corrected chi connectivity index (χ3v) is 16.4. The number of nitrogens with zero attached hydrogens (tertiary/aromatic N) is 10. The van der Waals surface area contributed by atoms with Gasteiger partial charge in [0.2, 0.25) is 6.54 Å². The largest absolute Gasteiger partial charge is 0.384 e. The highest BCUT2D eigenvalue weighted by molar-refractivity contribution is 4.93. The smallest absolute Gasteiger partial charge is 0.219 e. The standard InChI is InChI=1S/C13H23N3.2C13H26N2O.C10H20N2.C7H17NO/c1-11(2)15-6-4-13(5-7-15)16-9-12(10-16)8-14-3;1-11(2)14-6-4-13(5-7-14)15-8-12(9-15)10-16-3;1-4-16-13-9-15(10-13)12-5-7-14(8-6-12)11(2)3;1-9(2)11-5-7-12(8-6-11)10-3-4-10;1-7(2)9-6-5-8(3)4/h11-13H,4-10H2,1-2H3;2*11-13H,4-10H2,1-3H3;9-10H,3-8H2,1-2H3;7H,5-6H2,1-4H3. The SMILES string of the molecule is CC(C)N1CCN(C2CC2)CC1.CC(C)OCCN(C)C.CCOC1CN(C2CCN(C(C)C)CC2)C1.COCC1CN(C2CCN(C(C)C)CC2)C1.[C-]#[N+]CC1CN(C2CCN(C(C)C)CC2)C1. The molecule has 0 aromatic heterocycles. The molecular weight excluding hydrogens is 861 g/mol. The van der Waals surface area contributed by atoms with Crippen LogP contribution in [-0.4, -0.2) is 263 Å². The van der Waals surface area contributed by atoms with Crippen molar-refractivity contribution in [1.82, 2.24) is 44.1 Å². The Morgan fingerprint density at radius 1 is 0.507 bits per heavy atom. The maximum Gasteiger partial charge on any atom is 0.219 e. The second kappa shape index (κ2) is 32.3. The Hall–Kier alpha value is -0.990. The summed E-state index contributed by atoms with van der Waals surface area (Å²) in [6, 6.07) is 6.33. The van der Waals surface area contributed by atoms with Crippen LogP contribution in [0, 0.1) is 18.4 Å². The average molecular weight is 974 g/mol. The Bertz CT molecular complexity index is 1260. The van der Waals surface area contributed by atoms with Crippen molar-refractivity contribution in [3.05, 3.63) is 11.4 Å². The van der Waals surface area contributed by atoms with Crippen molar-refractivity contribution in [2.75, 3.05) is 159 Å². The summed E-state index contributed by atoms with van der Waals surface area (Å²) in [7, 11) is 5.90. The lowest BCUT2D eigenvalue weighted by atomic mass is 9.93. The molecule has 0 aromatic rings. The van der Waals surface area contributed by atoms with Gasteiger partial charge in [-0.15, -0.1) is 0 Å². The lowest BCUT2D eigenvalue weighted by Crippen LogP contribution is -2.59. The number of piperidine rings is 3. The van der Waals surface area contributed by atoms with Gasteiger partial charge in [-0.25, -0.2) is 6.57 Å². The summed E-state index contributed by atoms with van der Waals surface area (Å²) in [4.78, 5) is 26.5. The van der Waals surface area contributed by atoms with Gasteiger partial charge in [0, 0.05) is 140 Å². The van der Waals surface area contributed by atoms with Crippen LogP contribution in [0.2, 0.25) is 0 Å². The molecule has 0 unspecified atom stereocenters. The average Bonchev–Trinajstić information content (AvgIpc) is 4.14. The molecule has 69 heavy (non-hydrogen) atoms. The Morgan fingerprint density at radius 3 is 1.22 bits per heavy atom. The van der Waals surface area contributed by atoms with Gasteiger partial charge in [0.15, 0.2) is 0 Å². The molecule has 0 radical (unpaired) electrons. The van der Waals surface area contributed by atoms with Gasteiger partial charge < -0.3 is 38.7 Å². The second-order valence-corrected chi connectivity index (χ2v) is 23.7. The molecule has 0 N–H and O–H groups in total. The fraction of sp³-hybridized carbons (Fsp3) is 0.982. The first-order valence-corrected chi connectivity index (χ1v) is 28.6. The topological polar surface area (TPSA) is 61.2 Å². The number of hydrogen-bond acceptors (Lipinski definition) is 12. The molecule has 13 nitrogen and oxygen atoms in total. The highest BCUT2D eigenvalue weighted by Crippen LogP contribution is 2.29. The molecule has 13 heteroatoms. The predicted molar refractivity (Wildman–Crippen MR) is 291 cm³/mol. The fourth-order valence-corrected chi connectivity index (χ4v) is 11.3. The molecule has 0 amide bonds. The number of likely N-dealkylation sites (N-methyl/N-ethyl adjacent to an activating group) is 1. The Morgan fingerprint density at radius 2 is 0.884 bits per heavy atom. The summed E-state index contributed by atoms with van der Waals surface area (Å²) in [6.45, 7) is 55.9. The van der Waals surface area contributed by atoms with Crippen LogP contribution in [0.4, 0.5) is 0 Å². The summed E-state index contributed by atoms with van der Waals surface area (Å²) < 4.78 is 16.1. The van der Waals surface area contributed by atoms with Gasteiger partial charge in [0.05, 0.1) is 31.3 Å². The molecule has 0 spiro atoms. The molecule has 8 rings (SSSR count). The number of piperazine rings is 1. The monoisotopic (exact) mass is 973 g/mol. The van der Waals surface area contributed by atoms with E-state index < -0.39 is 0 Å². The molecule has 7 aliphatic heterocycles. The van der Waals surface area contributed by atoms with Crippen LogP contribution in [0.25, 0.3) is 4.85 Å². The van der Waals surface area contributed by atoms with Gasteiger partial charge in [0.25, 0.3) is 0 Å². The molecule has 1 aliphatic carbocycles. The lowest BCUT2D eigenvalue weighted by molar-refractivity contribution is -0.0779. The van der Waals surface area contributed by atoms with Crippen LogP contribution in [0.1, 0.15) is 128 Å². The zero-order valence-corrected chi connectivity index (χ0v) is 47.6. The minimum atomic E-state index is 0.366. The molecule has 1 saturated carbocycles. The molecule has 8 aliphatic rings. The van der Waals surface area contributed by atoms with Crippen LogP contribution >= 0.6 is 0 Å². The van der Waals surface area contributed by atoms with Crippen LogP contribution < -0.4 is 0 Å². The number of likely N-dealkylation sites (tertiary alicyclic amines) is 6. The number of methoxy groups -OCH3 is 1. The molecule has 0 bridgehead atoms. The Labute approximate surface area is 427 Å². The van der Waals surface area contributed by atoms with E-state index in [0.717, 1.165) is 75.1 Å². The minimum absolute atomic E-state index is 0.366. The van der Waals surface area contributed by atoms with E-state index in [0.29, 0.717) is 30.2 Å².